The summed E-state index contributed by atoms with van der Waals surface area (Å²) in [5, 5.41) is 8.51. The lowest BCUT2D eigenvalue weighted by Crippen LogP contribution is -1.98. The van der Waals surface area contributed by atoms with Gasteiger partial charge in [0.05, 0.1) is 0 Å². The summed E-state index contributed by atoms with van der Waals surface area (Å²) in [4.78, 5) is 20.9. The predicted molar refractivity (Wildman–Crippen MR) is 38.2 cm³/mol. The molecule has 5 nitrogen and oxygen atoms in total. The van der Waals surface area contributed by atoms with E-state index < -0.39 is 11.8 Å². The van der Waals surface area contributed by atoms with Crippen LogP contribution >= 0.6 is 0 Å². The van der Waals surface area contributed by atoms with E-state index in [-0.39, 0.29) is 11.5 Å². The summed E-state index contributed by atoms with van der Waals surface area (Å²) < 4.78 is 8.82. The van der Waals surface area contributed by atoms with E-state index in [4.69, 9.17) is 5.11 Å². The van der Waals surface area contributed by atoms with Gasteiger partial charge in [-0.1, -0.05) is 6.92 Å². The number of carboxylic acids is 1. The lowest BCUT2D eigenvalue weighted by atomic mass is 10.2. The highest BCUT2D eigenvalue weighted by Gasteiger charge is 2.18. The standard InChI is InChI=1S/C7H8O5/c1-2-3-4-5(6(8)9)12-7(10)11-4/h2-3H2,1H3,(H,8,9). The first-order valence-corrected chi connectivity index (χ1v) is 3.51. The van der Waals surface area contributed by atoms with Crippen LogP contribution in [0.25, 0.3) is 0 Å². The third kappa shape index (κ3) is 1.55. The van der Waals surface area contributed by atoms with Gasteiger partial charge in [-0.3, -0.25) is 0 Å². The minimum Gasteiger partial charge on any atom is -0.475 e. The van der Waals surface area contributed by atoms with Crippen LogP contribution in [0, 0.1) is 0 Å². The molecule has 0 saturated heterocycles. The van der Waals surface area contributed by atoms with Gasteiger partial charge in [-0.15, -0.1) is 0 Å². The predicted octanol–water partition coefficient (Wildman–Crippen LogP) is 0.883. The van der Waals surface area contributed by atoms with E-state index in [0.717, 1.165) is 0 Å². The Morgan fingerprint density at radius 1 is 1.50 bits per heavy atom. The van der Waals surface area contributed by atoms with Crippen molar-refractivity contribution in [2.75, 3.05) is 0 Å². The van der Waals surface area contributed by atoms with Crippen LogP contribution in [0.15, 0.2) is 13.6 Å². The number of rotatable bonds is 3. The number of aromatic carboxylic acids is 1. The highest BCUT2D eigenvalue weighted by Crippen LogP contribution is 2.08. The van der Waals surface area contributed by atoms with Gasteiger partial charge in [-0.25, -0.2) is 9.59 Å². The molecule has 1 heterocycles. The summed E-state index contributed by atoms with van der Waals surface area (Å²) in [6, 6.07) is 0. The van der Waals surface area contributed by atoms with Crippen molar-refractivity contribution < 1.29 is 18.7 Å². The van der Waals surface area contributed by atoms with Crippen molar-refractivity contribution in [2.45, 2.75) is 19.8 Å². The van der Waals surface area contributed by atoms with Gasteiger partial charge in [0.1, 0.15) is 0 Å². The second kappa shape index (κ2) is 3.25. The van der Waals surface area contributed by atoms with Crippen LogP contribution in [0.2, 0.25) is 0 Å². The quantitative estimate of drug-likeness (QED) is 0.731. The molecule has 66 valence electrons. The molecule has 0 amide bonds. The summed E-state index contributed by atoms with van der Waals surface area (Å²) in [6.45, 7) is 1.85. The van der Waals surface area contributed by atoms with Gasteiger partial charge in [0.2, 0.25) is 0 Å². The van der Waals surface area contributed by atoms with Crippen LogP contribution < -0.4 is 5.82 Å². The molecular weight excluding hydrogens is 164 g/mol. The van der Waals surface area contributed by atoms with Gasteiger partial charge >= 0.3 is 11.8 Å². The molecule has 0 saturated carbocycles. The summed E-state index contributed by atoms with van der Waals surface area (Å²) in [6.07, 6.45) is 1.09. The zero-order valence-electron chi connectivity index (χ0n) is 6.49. The molecule has 12 heavy (non-hydrogen) atoms. The zero-order chi connectivity index (χ0) is 9.14. The van der Waals surface area contributed by atoms with Crippen molar-refractivity contribution in [3.05, 3.63) is 22.1 Å². The van der Waals surface area contributed by atoms with Gasteiger partial charge in [0.25, 0.3) is 5.76 Å². The smallest absolute Gasteiger partial charge is 0.475 e. The molecule has 0 radical (unpaired) electrons. The first-order chi connectivity index (χ1) is 5.65. The molecule has 0 bridgehead atoms. The van der Waals surface area contributed by atoms with E-state index in [1.54, 1.807) is 0 Å². The van der Waals surface area contributed by atoms with Crippen LogP contribution in [0.5, 0.6) is 0 Å². The number of aryl methyl sites for hydroxylation is 1. The second-order valence-electron chi connectivity index (χ2n) is 2.26. The van der Waals surface area contributed by atoms with E-state index in [0.29, 0.717) is 12.8 Å². The molecule has 1 aromatic rings. The van der Waals surface area contributed by atoms with Crippen molar-refractivity contribution in [3.8, 4) is 0 Å². The Bertz CT molecular complexity index is 332. The third-order valence-corrected chi connectivity index (χ3v) is 1.32. The Balaban J connectivity index is 3.08. The van der Waals surface area contributed by atoms with E-state index in [2.05, 4.69) is 8.83 Å². The lowest BCUT2D eigenvalue weighted by Gasteiger charge is -1.89. The summed E-state index contributed by atoms with van der Waals surface area (Å²) in [7, 11) is 0. The monoisotopic (exact) mass is 172 g/mol. The van der Waals surface area contributed by atoms with Gasteiger partial charge in [-0.2, -0.15) is 0 Å². The van der Waals surface area contributed by atoms with Crippen LogP contribution in [0.1, 0.15) is 29.7 Å². The molecule has 0 aromatic carbocycles. The molecular formula is C7H8O5. The third-order valence-electron chi connectivity index (χ3n) is 1.32. The Morgan fingerprint density at radius 3 is 2.67 bits per heavy atom. The second-order valence-corrected chi connectivity index (χ2v) is 2.26. The Morgan fingerprint density at radius 2 is 2.17 bits per heavy atom. The van der Waals surface area contributed by atoms with Crippen molar-refractivity contribution in [3.63, 3.8) is 0 Å². The van der Waals surface area contributed by atoms with Gasteiger partial charge in [0, 0.05) is 6.42 Å². The maximum Gasteiger partial charge on any atom is 0.519 e. The van der Waals surface area contributed by atoms with E-state index in [9.17, 15) is 9.59 Å². The molecule has 0 atom stereocenters. The summed E-state index contributed by atoms with van der Waals surface area (Å²) in [5.74, 6) is -2.52. The molecule has 0 aliphatic rings. The normalized spacial score (nSPS) is 10.1. The van der Waals surface area contributed by atoms with Crippen LogP contribution in [0.3, 0.4) is 0 Å². The lowest BCUT2D eigenvalue weighted by molar-refractivity contribution is 0.0658. The number of carbonyl (C=O) groups is 1. The van der Waals surface area contributed by atoms with Crippen molar-refractivity contribution >= 4 is 5.97 Å². The molecule has 0 aliphatic carbocycles. The first-order valence-electron chi connectivity index (χ1n) is 3.51. The molecule has 1 N–H and O–H groups in total. The SMILES string of the molecule is CCCc1oc(=O)oc1C(=O)O. The highest BCUT2D eigenvalue weighted by atomic mass is 16.6. The molecule has 0 fully saturated rings. The average Bonchev–Trinajstić information content (AvgIpc) is 2.32. The van der Waals surface area contributed by atoms with Crippen molar-refractivity contribution in [2.24, 2.45) is 0 Å². The number of hydrogen-bond donors (Lipinski definition) is 1. The molecule has 0 aliphatic heterocycles. The Hall–Kier alpha value is -1.52. The topological polar surface area (TPSA) is 80.7 Å². The number of carboxylic acid groups (broad SMARTS) is 1. The fraction of sp³-hybridized carbons (Fsp3) is 0.429. The number of hydrogen-bond acceptors (Lipinski definition) is 4. The average molecular weight is 172 g/mol. The minimum absolute atomic E-state index is 0.106. The molecule has 1 rings (SSSR count). The van der Waals surface area contributed by atoms with E-state index >= 15 is 0 Å². The molecule has 1 aromatic heterocycles. The van der Waals surface area contributed by atoms with Gasteiger partial charge in [-0.05, 0) is 6.42 Å². The maximum absolute atomic E-state index is 10.5. The zero-order valence-corrected chi connectivity index (χ0v) is 6.49. The van der Waals surface area contributed by atoms with Gasteiger partial charge < -0.3 is 13.9 Å². The fourth-order valence-electron chi connectivity index (χ4n) is 0.863. The summed E-state index contributed by atoms with van der Waals surface area (Å²) >= 11 is 0. The van der Waals surface area contributed by atoms with Crippen molar-refractivity contribution in [1.29, 1.82) is 0 Å². The van der Waals surface area contributed by atoms with Crippen LogP contribution in [0.4, 0.5) is 0 Å². The molecule has 0 spiro atoms. The first kappa shape index (κ1) is 8.58. The maximum atomic E-state index is 10.5. The molecule has 0 unspecified atom stereocenters. The highest BCUT2D eigenvalue weighted by molar-refractivity contribution is 5.85. The van der Waals surface area contributed by atoms with Gasteiger partial charge in [0.15, 0.2) is 5.76 Å². The van der Waals surface area contributed by atoms with Crippen LogP contribution in [-0.4, -0.2) is 11.1 Å². The largest absolute Gasteiger partial charge is 0.519 e. The fourth-order valence-corrected chi connectivity index (χ4v) is 0.863. The van der Waals surface area contributed by atoms with Crippen molar-refractivity contribution in [1.82, 2.24) is 0 Å². The van der Waals surface area contributed by atoms with E-state index in [1.165, 1.54) is 0 Å². The summed E-state index contributed by atoms with van der Waals surface area (Å²) in [5.41, 5.74) is 0. The van der Waals surface area contributed by atoms with E-state index in [1.807, 2.05) is 6.92 Å². The minimum atomic E-state index is -1.27. The Kier molecular flexibility index (Phi) is 2.32. The Labute approximate surface area is 67.6 Å². The molecule has 5 heteroatoms. The van der Waals surface area contributed by atoms with Crippen LogP contribution in [-0.2, 0) is 6.42 Å².